The first-order chi connectivity index (χ1) is 12.7. The van der Waals surface area contributed by atoms with Crippen molar-refractivity contribution < 1.29 is 4.39 Å². The summed E-state index contributed by atoms with van der Waals surface area (Å²) in [6.45, 7) is 2.29. The van der Waals surface area contributed by atoms with Crippen LogP contribution in [0.3, 0.4) is 0 Å². The normalized spacial score (nSPS) is 19.2. The summed E-state index contributed by atoms with van der Waals surface area (Å²) >= 11 is 4.50. The molecular formula is C23H22FNS. The Morgan fingerprint density at radius 1 is 1.00 bits per heavy atom. The third kappa shape index (κ3) is 4.67. The molecule has 1 saturated carbocycles. The van der Waals surface area contributed by atoms with Gasteiger partial charge in [-0.1, -0.05) is 37.3 Å². The molecule has 1 aliphatic rings. The van der Waals surface area contributed by atoms with Crippen LogP contribution in [0.25, 0.3) is 0 Å². The fraction of sp³-hybridized carbons (Fsp3) is 0.348. The highest BCUT2D eigenvalue weighted by atomic mass is 32.1. The molecule has 0 unspecified atom stereocenters. The third-order valence-corrected chi connectivity index (χ3v) is 5.36. The summed E-state index contributed by atoms with van der Waals surface area (Å²) in [5.74, 6) is 7.27. The van der Waals surface area contributed by atoms with Crippen molar-refractivity contribution in [3.05, 3.63) is 65.0 Å². The number of hydrogen-bond acceptors (Lipinski definition) is 2. The largest absolute Gasteiger partial charge is 0.205 e. The van der Waals surface area contributed by atoms with Crippen LogP contribution in [0.1, 0.15) is 61.6 Å². The van der Waals surface area contributed by atoms with Gasteiger partial charge in [0.2, 0.25) is 0 Å². The maximum atomic E-state index is 13.8. The van der Waals surface area contributed by atoms with Crippen molar-refractivity contribution >= 4 is 23.1 Å². The van der Waals surface area contributed by atoms with Crippen LogP contribution in [0.2, 0.25) is 0 Å². The van der Waals surface area contributed by atoms with Gasteiger partial charge >= 0.3 is 0 Å². The van der Waals surface area contributed by atoms with Crippen LogP contribution in [0.5, 0.6) is 0 Å². The van der Waals surface area contributed by atoms with Crippen molar-refractivity contribution in [1.82, 2.24) is 0 Å². The van der Waals surface area contributed by atoms with E-state index in [9.17, 15) is 4.39 Å². The smallest absolute Gasteiger partial charge is 0.150 e. The number of hydrogen-bond donors (Lipinski definition) is 0. The second-order valence-electron chi connectivity index (χ2n) is 6.87. The molecule has 0 N–H and O–H groups in total. The monoisotopic (exact) mass is 363 g/mol. The zero-order chi connectivity index (χ0) is 18.4. The van der Waals surface area contributed by atoms with Crippen molar-refractivity contribution in [2.45, 2.75) is 44.9 Å². The van der Waals surface area contributed by atoms with E-state index in [4.69, 9.17) is 0 Å². The fourth-order valence-corrected chi connectivity index (χ4v) is 3.71. The van der Waals surface area contributed by atoms with Gasteiger partial charge in [-0.25, -0.2) is 4.39 Å². The summed E-state index contributed by atoms with van der Waals surface area (Å²) in [5, 5.41) is 2.17. The first-order valence-corrected chi connectivity index (χ1v) is 9.59. The average Bonchev–Trinajstić information content (AvgIpc) is 2.69. The van der Waals surface area contributed by atoms with Crippen LogP contribution < -0.4 is 0 Å². The number of rotatable bonds is 3. The fourth-order valence-electron chi connectivity index (χ4n) is 3.61. The summed E-state index contributed by atoms with van der Waals surface area (Å²) in [6.07, 6.45) is 6.58. The van der Waals surface area contributed by atoms with Gasteiger partial charge in [0.05, 0.1) is 5.16 Å². The molecule has 2 aromatic carbocycles. The number of benzene rings is 2. The average molecular weight is 364 g/mol. The van der Waals surface area contributed by atoms with Gasteiger partial charge in [0.25, 0.3) is 0 Å². The van der Waals surface area contributed by atoms with Crippen LogP contribution in [-0.4, -0.2) is 5.16 Å². The minimum Gasteiger partial charge on any atom is -0.205 e. The molecule has 0 amide bonds. The van der Waals surface area contributed by atoms with E-state index >= 15 is 0 Å². The van der Waals surface area contributed by atoms with Crippen molar-refractivity contribution in [3.63, 3.8) is 0 Å². The molecule has 0 spiro atoms. The highest BCUT2D eigenvalue weighted by molar-refractivity contribution is 7.78. The van der Waals surface area contributed by atoms with E-state index in [1.165, 1.54) is 43.7 Å². The molecule has 132 valence electrons. The van der Waals surface area contributed by atoms with Crippen LogP contribution in [0.4, 0.5) is 10.1 Å². The Bertz CT molecular complexity index is 861. The van der Waals surface area contributed by atoms with Crippen molar-refractivity contribution in [1.29, 1.82) is 0 Å². The number of aliphatic imine (C=N–C) groups is 1. The molecule has 0 atom stereocenters. The minimum absolute atomic E-state index is 0.188. The van der Waals surface area contributed by atoms with Gasteiger partial charge in [-0.3, -0.25) is 0 Å². The highest BCUT2D eigenvalue weighted by Crippen LogP contribution is 2.36. The molecule has 26 heavy (non-hydrogen) atoms. The van der Waals surface area contributed by atoms with E-state index in [1.54, 1.807) is 12.1 Å². The quantitative estimate of drug-likeness (QED) is 0.338. The molecule has 3 heteroatoms. The Kier molecular flexibility index (Phi) is 6.34. The van der Waals surface area contributed by atoms with E-state index in [2.05, 4.69) is 65.4 Å². The summed E-state index contributed by atoms with van der Waals surface area (Å²) in [5.41, 5.74) is 3.16. The molecular weight excluding hydrogens is 341 g/mol. The van der Waals surface area contributed by atoms with Crippen molar-refractivity contribution in [2.75, 3.05) is 0 Å². The van der Waals surface area contributed by atoms with E-state index in [-0.39, 0.29) is 5.69 Å². The number of isothiocyanates is 1. The maximum Gasteiger partial charge on any atom is 0.150 e. The number of nitrogens with zero attached hydrogens (tertiary/aromatic N) is 1. The molecule has 0 aromatic heterocycles. The minimum atomic E-state index is -0.438. The SMILES string of the molecule is CCC1CCC(c2ccc(C#Cc3ccc(N=C=S)c(F)c3)cc2)CC1. The summed E-state index contributed by atoms with van der Waals surface area (Å²) in [6, 6.07) is 13.2. The molecule has 2 aromatic rings. The van der Waals surface area contributed by atoms with Crippen LogP contribution in [0, 0.1) is 23.6 Å². The lowest BCUT2D eigenvalue weighted by molar-refractivity contribution is 0.319. The highest BCUT2D eigenvalue weighted by Gasteiger charge is 2.20. The third-order valence-electron chi connectivity index (χ3n) is 5.27. The summed E-state index contributed by atoms with van der Waals surface area (Å²) < 4.78 is 13.8. The first-order valence-electron chi connectivity index (χ1n) is 9.19. The van der Waals surface area contributed by atoms with Gasteiger partial charge in [-0.15, -0.1) is 0 Å². The van der Waals surface area contributed by atoms with Gasteiger partial charge in [0.15, 0.2) is 5.82 Å². The molecule has 0 radical (unpaired) electrons. The molecule has 1 aliphatic carbocycles. The van der Waals surface area contributed by atoms with Crippen molar-refractivity contribution in [3.8, 4) is 11.8 Å². The Morgan fingerprint density at radius 2 is 1.65 bits per heavy atom. The Hall–Kier alpha value is -2.27. The molecule has 0 heterocycles. The van der Waals surface area contributed by atoms with Crippen LogP contribution in [0.15, 0.2) is 47.5 Å². The molecule has 3 rings (SSSR count). The van der Waals surface area contributed by atoms with Gasteiger partial charge in [-0.05, 0) is 85.6 Å². The zero-order valence-corrected chi connectivity index (χ0v) is 15.8. The first kappa shape index (κ1) is 18.5. The van der Waals surface area contributed by atoms with E-state index in [0.717, 1.165) is 11.5 Å². The second kappa shape index (κ2) is 8.90. The summed E-state index contributed by atoms with van der Waals surface area (Å²) in [4.78, 5) is 3.67. The number of thiocarbonyl (C=S) groups is 1. The van der Waals surface area contributed by atoms with Gasteiger partial charge in [-0.2, -0.15) is 4.99 Å². The summed E-state index contributed by atoms with van der Waals surface area (Å²) in [7, 11) is 0. The molecule has 0 bridgehead atoms. The van der Waals surface area contributed by atoms with Gasteiger partial charge in [0, 0.05) is 11.1 Å². The predicted octanol–water partition coefficient (Wildman–Crippen LogP) is 6.64. The van der Waals surface area contributed by atoms with Crippen LogP contribution >= 0.6 is 12.2 Å². The molecule has 0 aliphatic heterocycles. The maximum absolute atomic E-state index is 13.8. The van der Waals surface area contributed by atoms with Crippen molar-refractivity contribution in [2.24, 2.45) is 10.9 Å². The Morgan fingerprint density at radius 3 is 2.27 bits per heavy atom. The van der Waals surface area contributed by atoms with E-state index in [0.29, 0.717) is 11.5 Å². The topological polar surface area (TPSA) is 12.4 Å². The Balaban J connectivity index is 1.68. The lowest BCUT2D eigenvalue weighted by Crippen LogP contribution is -2.12. The molecule has 1 fully saturated rings. The van der Waals surface area contributed by atoms with E-state index < -0.39 is 5.82 Å². The Labute approximate surface area is 160 Å². The molecule has 0 saturated heterocycles. The second-order valence-corrected chi connectivity index (χ2v) is 7.05. The van der Waals surface area contributed by atoms with Gasteiger partial charge in [0.1, 0.15) is 5.69 Å². The lowest BCUT2D eigenvalue weighted by atomic mass is 9.78. The van der Waals surface area contributed by atoms with Gasteiger partial charge < -0.3 is 0 Å². The standard InChI is InChI=1S/C23H22FNS/c1-2-17-5-10-20(11-6-17)21-12-7-18(8-13-21)3-4-19-9-14-23(25-16-26)22(24)15-19/h7-9,12-15,17,20H,2,5-6,10-11H2,1H3. The zero-order valence-electron chi connectivity index (χ0n) is 15.0. The molecule has 1 nitrogen and oxygen atoms in total. The number of halogens is 1. The predicted molar refractivity (Wildman–Crippen MR) is 108 cm³/mol. The lowest BCUT2D eigenvalue weighted by Gasteiger charge is -2.28. The van der Waals surface area contributed by atoms with E-state index in [1.807, 2.05) is 0 Å². The van der Waals surface area contributed by atoms with Crippen LogP contribution in [-0.2, 0) is 0 Å².